The number of nitrogens with two attached hydrogens (primary N) is 1. The first-order valence-corrected chi connectivity index (χ1v) is 7.13. The molecule has 0 aromatic heterocycles. The van der Waals surface area contributed by atoms with E-state index in [1.54, 1.807) is 6.07 Å². The molecule has 0 radical (unpaired) electrons. The maximum absolute atomic E-state index is 13.7. The monoisotopic (exact) mass is 282 g/mol. The summed E-state index contributed by atoms with van der Waals surface area (Å²) in [5, 5.41) is 3.25. The lowest BCUT2D eigenvalue weighted by atomic mass is 10.1. The highest BCUT2D eigenvalue weighted by Gasteiger charge is 2.15. The molecule has 112 valence electrons. The Morgan fingerprint density at radius 3 is 2.95 bits per heavy atom. The Balaban J connectivity index is 1.95. The van der Waals surface area contributed by atoms with Gasteiger partial charge in [-0.1, -0.05) is 0 Å². The number of hydrogen-bond acceptors (Lipinski definition) is 4. The van der Waals surface area contributed by atoms with Gasteiger partial charge < -0.3 is 20.5 Å². The van der Waals surface area contributed by atoms with Crippen molar-refractivity contribution in [2.45, 2.75) is 32.8 Å². The van der Waals surface area contributed by atoms with E-state index in [2.05, 4.69) is 5.32 Å². The summed E-state index contributed by atoms with van der Waals surface area (Å²) in [7, 11) is 0. The maximum Gasteiger partial charge on any atom is 0.167 e. The largest absolute Gasteiger partial charge is 0.488 e. The zero-order valence-corrected chi connectivity index (χ0v) is 12.1. The van der Waals surface area contributed by atoms with Crippen molar-refractivity contribution in [2.75, 3.05) is 30.8 Å². The van der Waals surface area contributed by atoms with E-state index >= 15 is 0 Å². The molecule has 0 bridgehead atoms. The van der Waals surface area contributed by atoms with E-state index < -0.39 is 5.82 Å². The molecule has 1 aromatic rings. The predicted molar refractivity (Wildman–Crippen MR) is 78.6 cm³/mol. The molecule has 1 unspecified atom stereocenters. The second-order valence-corrected chi connectivity index (χ2v) is 5.48. The van der Waals surface area contributed by atoms with E-state index in [1.165, 1.54) is 6.07 Å². The standard InChI is InChI=1S/C15H23FN2O2/c1-10(2)20-15-8-14(13(17)7-12(15)16)18-5-3-11-4-6-19-9-11/h7-8,10-11,18H,3-6,9,17H2,1-2H3. The van der Waals surface area contributed by atoms with Crippen molar-refractivity contribution in [1.29, 1.82) is 0 Å². The molecule has 1 saturated heterocycles. The molecule has 20 heavy (non-hydrogen) atoms. The van der Waals surface area contributed by atoms with Crippen LogP contribution in [0.25, 0.3) is 0 Å². The van der Waals surface area contributed by atoms with Crippen LogP contribution in [0.4, 0.5) is 15.8 Å². The normalized spacial score (nSPS) is 18.5. The molecular formula is C15H23FN2O2. The molecule has 1 heterocycles. The molecule has 3 N–H and O–H groups in total. The Morgan fingerprint density at radius 1 is 1.50 bits per heavy atom. The third-order valence-corrected chi connectivity index (χ3v) is 3.36. The van der Waals surface area contributed by atoms with Crippen molar-refractivity contribution >= 4 is 11.4 Å². The van der Waals surface area contributed by atoms with Crippen LogP contribution in [-0.2, 0) is 4.74 Å². The molecule has 0 amide bonds. The van der Waals surface area contributed by atoms with E-state index in [4.69, 9.17) is 15.2 Å². The van der Waals surface area contributed by atoms with Crippen molar-refractivity contribution in [1.82, 2.24) is 0 Å². The average molecular weight is 282 g/mol. The van der Waals surface area contributed by atoms with Crippen LogP contribution >= 0.6 is 0 Å². The topological polar surface area (TPSA) is 56.5 Å². The van der Waals surface area contributed by atoms with Gasteiger partial charge in [-0.15, -0.1) is 0 Å². The van der Waals surface area contributed by atoms with Gasteiger partial charge in [0.05, 0.1) is 17.5 Å². The fraction of sp³-hybridized carbons (Fsp3) is 0.600. The first kappa shape index (κ1) is 14.9. The number of ether oxygens (including phenoxy) is 2. The summed E-state index contributed by atoms with van der Waals surface area (Å²) in [5.41, 5.74) is 6.96. The van der Waals surface area contributed by atoms with E-state index in [0.717, 1.165) is 38.3 Å². The molecule has 0 aliphatic carbocycles. The fourth-order valence-electron chi connectivity index (χ4n) is 2.29. The summed E-state index contributed by atoms with van der Waals surface area (Å²) in [4.78, 5) is 0. The lowest BCUT2D eigenvalue weighted by molar-refractivity contribution is 0.185. The van der Waals surface area contributed by atoms with Gasteiger partial charge in [0.1, 0.15) is 0 Å². The molecule has 1 aromatic carbocycles. The van der Waals surface area contributed by atoms with Crippen molar-refractivity contribution in [3.8, 4) is 5.75 Å². The molecule has 1 atom stereocenters. The molecule has 0 spiro atoms. The van der Waals surface area contributed by atoms with Crippen molar-refractivity contribution < 1.29 is 13.9 Å². The number of anilines is 2. The van der Waals surface area contributed by atoms with Crippen LogP contribution in [0.2, 0.25) is 0 Å². The SMILES string of the molecule is CC(C)Oc1cc(NCCC2CCOC2)c(N)cc1F. The van der Waals surface area contributed by atoms with Crippen LogP contribution in [0, 0.1) is 11.7 Å². The molecule has 2 rings (SSSR count). The number of nitrogen functional groups attached to an aromatic ring is 1. The summed E-state index contributed by atoms with van der Waals surface area (Å²) in [5.74, 6) is 0.419. The highest BCUT2D eigenvalue weighted by atomic mass is 19.1. The zero-order chi connectivity index (χ0) is 14.5. The van der Waals surface area contributed by atoms with Gasteiger partial charge in [-0.3, -0.25) is 0 Å². The Kier molecular flexibility index (Phi) is 5.06. The number of benzene rings is 1. The van der Waals surface area contributed by atoms with Crippen LogP contribution in [0.5, 0.6) is 5.75 Å². The third kappa shape index (κ3) is 4.00. The van der Waals surface area contributed by atoms with Crippen LogP contribution in [0.1, 0.15) is 26.7 Å². The van der Waals surface area contributed by atoms with Gasteiger partial charge in [-0.25, -0.2) is 4.39 Å². The van der Waals surface area contributed by atoms with Gasteiger partial charge in [-0.05, 0) is 32.6 Å². The van der Waals surface area contributed by atoms with Gasteiger partial charge in [-0.2, -0.15) is 0 Å². The predicted octanol–water partition coefficient (Wildman–Crippen LogP) is 3.03. The lowest BCUT2D eigenvalue weighted by Crippen LogP contribution is -2.12. The van der Waals surface area contributed by atoms with E-state index in [0.29, 0.717) is 11.6 Å². The number of halogens is 1. The van der Waals surface area contributed by atoms with Gasteiger partial charge in [0.15, 0.2) is 11.6 Å². The molecule has 1 fully saturated rings. The smallest absolute Gasteiger partial charge is 0.167 e. The molecule has 5 heteroatoms. The summed E-state index contributed by atoms with van der Waals surface area (Å²) in [6.07, 6.45) is 2.07. The fourth-order valence-corrected chi connectivity index (χ4v) is 2.29. The minimum absolute atomic E-state index is 0.0726. The minimum atomic E-state index is -0.425. The molecule has 4 nitrogen and oxygen atoms in total. The van der Waals surface area contributed by atoms with Crippen LogP contribution in [0.3, 0.4) is 0 Å². The Hall–Kier alpha value is -1.49. The van der Waals surface area contributed by atoms with E-state index in [1.807, 2.05) is 13.8 Å². The maximum atomic E-state index is 13.7. The molecular weight excluding hydrogens is 259 g/mol. The molecule has 0 saturated carbocycles. The molecule has 1 aliphatic heterocycles. The highest BCUT2D eigenvalue weighted by Crippen LogP contribution is 2.29. The van der Waals surface area contributed by atoms with Crippen molar-refractivity contribution in [2.24, 2.45) is 5.92 Å². The van der Waals surface area contributed by atoms with Gasteiger partial charge >= 0.3 is 0 Å². The first-order chi connectivity index (χ1) is 9.56. The number of nitrogens with one attached hydrogen (secondary N) is 1. The molecule has 1 aliphatic rings. The number of rotatable bonds is 6. The quantitative estimate of drug-likeness (QED) is 0.787. The van der Waals surface area contributed by atoms with E-state index in [-0.39, 0.29) is 11.9 Å². The van der Waals surface area contributed by atoms with Gasteiger partial charge in [0.25, 0.3) is 0 Å². The van der Waals surface area contributed by atoms with Crippen LogP contribution in [-0.4, -0.2) is 25.9 Å². The summed E-state index contributed by atoms with van der Waals surface area (Å²) >= 11 is 0. The van der Waals surface area contributed by atoms with Crippen molar-refractivity contribution in [3.63, 3.8) is 0 Å². The number of hydrogen-bond donors (Lipinski definition) is 2. The Labute approximate surface area is 119 Å². The van der Waals surface area contributed by atoms with Crippen molar-refractivity contribution in [3.05, 3.63) is 17.9 Å². The second kappa shape index (κ2) is 6.79. The third-order valence-electron chi connectivity index (χ3n) is 3.36. The van der Waals surface area contributed by atoms with Gasteiger partial charge in [0, 0.05) is 31.9 Å². The summed E-state index contributed by atoms with van der Waals surface area (Å²) < 4.78 is 24.5. The zero-order valence-electron chi connectivity index (χ0n) is 12.1. The lowest BCUT2D eigenvalue weighted by Gasteiger charge is -2.15. The Morgan fingerprint density at radius 2 is 2.30 bits per heavy atom. The summed E-state index contributed by atoms with van der Waals surface area (Å²) in [6, 6.07) is 2.94. The average Bonchev–Trinajstić information content (AvgIpc) is 2.87. The summed E-state index contributed by atoms with van der Waals surface area (Å²) in [6.45, 7) is 6.22. The van der Waals surface area contributed by atoms with E-state index in [9.17, 15) is 4.39 Å². The Bertz CT molecular complexity index is 446. The second-order valence-electron chi connectivity index (χ2n) is 5.48. The first-order valence-electron chi connectivity index (χ1n) is 7.13. The van der Waals surface area contributed by atoms with Crippen LogP contribution in [0.15, 0.2) is 12.1 Å². The van der Waals surface area contributed by atoms with Crippen LogP contribution < -0.4 is 15.8 Å². The van der Waals surface area contributed by atoms with Gasteiger partial charge in [0.2, 0.25) is 0 Å². The minimum Gasteiger partial charge on any atom is -0.488 e. The highest BCUT2D eigenvalue weighted by molar-refractivity contribution is 5.68.